The number of rotatable bonds is 16. The van der Waals surface area contributed by atoms with Gasteiger partial charge in [0.2, 0.25) is 25.1 Å². The van der Waals surface area contributed by atoms with Crippen molar-refractivity contribution in [3.8, 4) is 57.5 Å². The van der Waals surface area contributed by atoms with E-state index in [-0.39, 0.29) is 26.8 Å². The van der Waals surface area contributed by atoms with Crippen LogP contribution in [0.5, 0.6) is 57.5 Å². The van der Waals surface area contributed by atoms with Gasteiger partial charge in [-0.15, -0.1) is 0 Å². The molecule has 14 nitrogen and oxygen atoms in total. The predicted molar refractivity (Wildman–Crippen MR) is 210 cm³/mol. The zero-order valence-electron chi connectivity index (χ0n) is 32.9. The maximum atomic E-state index is 14.4. The summed E-state index contributed by atoms with van der Waals surface area (Å²) in [5.74, 6) is 0.333. The van der Waals surface area contributed by atoms with Gasteiger partial charge in [0.05, 0.1) is 54.5 Å². The third kappa shape index (κ3) is 7.82. The molecule has 2 atom stereocenters. The number of carbonyl (C=O) groups excluding carboxylic acids is 2. The Morgan fingerprint density at radius 3 is 1.22 bits per heavy atom. The first-order valence-electron chi connectivity index (χ1n) is 18.4. The van der Waals surface area contributed by atoms with E-state index in [1.165, 1.54) is 42.7 Å². The molecule has 1 aliphatic carbocycles. The molecule has 0 aromatic heterocycles. The first-order valence-corrected chi connectivity index (χ1v) is 18.4. The summed E-state index contributed by atoms with van der Waals surface area (Å²) in [6, 6.07) is 18.0. The van der Waals surface area contributed by atoms with E-state index < -0.39 is 35.6 Å². The zero-order chi connectivity index (χ0) is 40.8. The first-order chi connectivity index (χ1) is 28.3. The van der Waals surface area contributed by atoms with Crippen molar-refractivity contribution < 1.29 is 66.4 Å². The Bertz CT molecular complexity index is 2000. The van der Waals surface area contributed by atoms with Crippen LogP contribution in [-0.2, 0) is 19.1 Å². The lowest BCUT2D eigenvalue weighted by molar-refractivity contribution is -0.166. The van der Waals surface area contributed by atoms with Gasteiger partial charge in [0, 0.05) is 11.8 Å². The molecule has 0 N–H and O–H groups in total. The number of hydrogen-bond donors (Lipinski definition) is 0. The normalized spacial score (nSPS) is 18.7. The van der Waals surface area contributed by atoms with Crippen molar-refractivity contribution in [2.75, 3.05) is 69.5 Å². The predicted octanol–water partition coefficient (Wildman–Crippen LogP) is 6.82. The van der Waals surface area contributed by atoms with Crippen molar-refractivity contribution >= 4 is 24.1 Å². The standard InChI is InChI=1S/C44H44O14/c1-47-33-19-27(20-34(48-2)41(33)51-5)37-39(43(45)53-15-7-9-25-11-13-29-31(17-25)57-23-55-29)38(28-21-35(49-3)42(52-6)36(22-28)50-4)40(37)44(46)54-16-8-10-26-12-14-30-32(18-26)58-24-56-30/h7-14,17-22,37-40H,15-16,23-24H2,1-6H3/b9-7-,10-8+. The van der Waals surface area contributed by atoms with E-state index in [0.29, 0.717) is 68.6 Å². The number of fused-ring (bicyclic) bond motifs is 2. The molecule has 2 heterocycles. The fraction of sp³-hybridized carbons (Fsp3) is 0.318. The minimum atomic E-state index is -0.897. The molecule has 0 spiro atoms. The van der Waals surface area contributed by atoms with Crippen molar-refractivity contribution in [2.45, 2.75) is 11.8 Å². The van der Waals surface area contributed by atoms with Gasteiger partial charge in [-0.05, 0) is 82.9 Å². The second kappa shape index (κ2) is 17.6. The second-order valence-corrected chi connectivity index (χ2v) is 13.3. The van der Waals surface area contributed by atoms with E-state index in [1.807, 2.05) is 48.6 Å². The number of ether oxygens (including phenoxy) is 12. The number of carbonyl (C=O) groups is 2. The van der Waals surface area contributed by atoms with E-state index in [2.05, 4.69) is 0 Å². The van der Waals surface area contributed by atoms with Gasteiger partial charge in [-0.25, -0.2) is 0 Å². The zero-order valence-corrected chi connectivity index (χ0v) is 32.9. The van der Waals surface area contributed by atoms with E-state index in [9.17, 15) is 9.59 Å². The number of methoxy groups -OCH3 is 6. The van der Waals surface area contributed by atoms with E-state index in [1.54, 1.807) is 36.4 Å². The third-order valence-electron chi connectivity index (χ3n) is 10.3. The van der Waals surface area contributed by atoms with Crippen molar-refractivity contribution in [2.24, 2.45) is 11.8 Å². The highest BCUT2D eigenvalue weighted by molar-refractivity contribution is 5.86. The Morgan fingerprint density at radius 1 is 0.517 bits per heavy atom. The van der Waals surface area contributed by atoms with Crippen molar-refractivity contribution in [1.29, 1.82) is 0 Å². The molecule has 4 aromatic carbocycles. The fourth-order valence-electron chi connectivity index (χ4n) is 7.61. The number of hydrogen-bond acceptors (Lipinski definition) is 14. The van der Waals surface area contributed by atoms with Crippen LogP contribution in [0.2, 0.25) is 0 Å². The maximum absolute atomic E-state index is 14.4. The number of benzene rings is 4. The molecule has 1 fully saturated rings. The van der Waals surface area contributed by atoms with Gasteiger partial charge in [0.1, 0.15) is 13.2 Å². The molecule has 2 unspecified atom stereocenters. The molecule has 0 bridgehead atoms. The lowest BCUT2D eigenvalue weighted by Gasteiger charge is -2.49. The van der Waals surface area contributed by atoms with Crippen LogP contribution >= 0.6 is 0 Å². The quantitative estimate of drug-likeness (QED) is 0.109. The highest BCUT2D eigenvalue weighted by Crippen LogP contribution is 2.61. The smallest absolute Gasteiger partial charge is 0.310 e. The van der Waals surface area contributed by atoms with Gasteiger partial charge in [-0.3, -0.25) is 9.59 Å². The average molecular weight is 797 g/mol. The fourth-order valence-corrected chi connectivity index (χ4v) is 7.61. The SMILES string of the molecule is COc1cc(C2C(C(=O)OC/C=C\c3ccc4c(c3)OCO4)C(c3cc(OC)c(OC)c(OC)c3)C2C(=O)OC/C=C/c2ccc3c(c2)OCO3)cc(OC)c1OC. The summed E-state index contributed by atoms with van der Waals surface area (Å²) in [5.41, 5.74) is 2.83. The highest BCUT2D eigenvalue weighted by atomic mass is 16.7. The van der Waals surface area contributed by atoms with Crippen LogP contribution in [-0.4, -0.2) is 81.4 Å². The van der Waals surface area contributed by atoms with Crippen LogP contribution in [0.1, 0.15) is 34.1 Å². The number of esters is 2. The molecule has 58 heavy (non-hydrogen) atoms. The largest absolute Gasteiger partial charge is 0.493 e. The summed E-state index contributed by atoms with van der Waals surface area (Å²) < 4.78 is 67.6. The molecule has 3 aliphatic rings. The Labute approximate surface area is 335 Å². The van der Waals surface area contributed by atoms with Crippen LogP contribution in [0.15, 0.2) is 72.8 Å². The molecule has 1 saturated carbocycles. The Morgan fingerprint density at radius 2 is 0.879 bits per heavy atom. The molecule has 2 aliphatic heterocycles. The average Bonchev–Trinajstić information content (AvgIpc) is 3.92. The van der Waals surface area contributed by atoms with Gasteiger partial charge in [0.25, 0.3) is 0 Å². The summed E-state index contributed by atoms with van der Waals surface area (Å²) in [7, 11) is 8.99. The monoisotopic (exact) mass is 796 g/mol. The molecule has 4 aromatic rings. The van der Waals surface area contributed by atoms with Crippen LogP contribution in [0, 0.1) is 11.8 Å². The molecule has 14 heteroatoms. The van der Waals surface area contributed by atoms with Gasteiger partial charge >= 0.3 is 11.9 Å². The molecular weight excluding hydrogens is 752 g/mol. The van der Waals surface area contributed by atoms with Crippen LogP contribution in [0.25, 0.3) is 12.2 Å². The van der Waals surface area contributed by atoms with Crippen LogP contribution < -0.4 is 47.4 Å². The molecule has 0 amide bonds. The highest BCUT2D eigenvalue weighted by Gasteiger charge is 2.60. The summed E-state index contributed by atoms with van der Waals surface area (Å²) in [6.45, 7) is 0.225. The summed E-state index contributed by atoms with van der Waals surface area (Å²) in [4.78, 5) is 28.9. The maximum Gasteiger partial charge on any atom is 0.310 e. The lowest BCUT2D eigenvalue weighted by atomic mass is 9.52. The first kappa shape index (κ1) is 39.5. The minimum absolute atomic E-state index is 0.0481. The summed E-state index contributed by atoms with van der Waals surface area (Å²) in [5, 5.41) is 0. The summed E-state index contributed by atoms with van der Waals surface area (Å²) in [6.07, 6.45) is 7.10. The second-order valence-electron chi connectivity index (χ2n) is 13.3. The van der Waals surface area contributed by atoms with Gasteiger partial charge in [-0.1, -0.05) is 24.3 Å². The minimum Gasteiger partial charge on any atom is -0.493 e. The van der Waals surface area contributed by atoms with Crippen LogP contribution in [0.3, 0.4) is 0 Å². The molecule has 0 radical (unpaired) electrons. The van der Waals surface area contributed by atoms with E-state index in [0.717, 1.165) is 11.1 Å². The summed E-state index contributed by atoms with van der Waals surface area (Å²) >= 11 is 0. The Balaban J connectivity index is 1.23. The van der Waals surface area contributed by atoms with Gasteiger partial charge in [0.15, 0.2) is 46.0 Å². The Kier molecular flexibility index (Phi) is 12.0. The topological polar surface area (TPSA) is 145 Å². The van der Waals surface area contributed by atoms with Crippen molar-refractivity contribution in [3.63, 3.8) is 0 Å². The van der Waals surface area contributed by atoms with E-state index >= 15 is 0 Å². The molecule has 304 valence electrons. The van der Waals surface area contributed by atoms with Gasteiger partial charge in [-0.2, -0.15) is 0 Å². The lowest BCUT2D eigenvalue weighted by Crippen LogP contribution is -2.52. The van der Waals surface area contributed by atoms with E-state index in [4.69, 9.17) is 56.8 Å². The molecule has 7 rings (SSSR count). The van der Waals surface area contributed by atoms with Crippen molar-refractivity contribution in [1.82, 2.24) is 0 Å². The van der Waals surface area contributed by atoms with Crippen molar-refractivity contribution in [3.05, 3.63) is 95.1 Å². The molecular formula is C44H44O14. The van der Waals surface area contributed by atoms with Gasteiger partial charge < -0.3 is 56.8 Å². The third-order valence-corrected chi connectivity index (χ3v) is 10.3. The molecule has 0 saturated heterocycles. The van der Waals surface area contributed by atoms with Crippen LogP contribution in [0.4, 0.5) is 0 Å². The Hall–Kier alpha value is -6.70.